The van der Waals surface area contributed by atoms with Gasteiger partial charge in [0, 0.05) is 19.6 Å². The summed E-state index contributed by atoms with van der Waals surface area (Å²) < 4.78 is 0. The summed E-state index contributed by atoms with van der Waals surface area (Å²) in [5, 5.41) is 3.53. The molecule has 2 heteroatoms. The van der Waals surface area contributed by atoms with E-state index >= 15 is 0 Å². The Morgan fingerprint density at radius 2 is 1.76 bits per heavy atom. The molecule has 0 amide bonds. The first-order valence-electron chi connectivity index (χ1n) is 6.83. The Bertz CT molecular complexity index is 312. The van der Waals surface area contributed by atoms with Gasteiger partial charge in [-0.25, -0.2) is 0 Å². The van der Waals surface area contributed by atoms with Crippen molar-refractivity contribution in [2.45, 2.75) is 32.7 Å². The number of piperidine rings is 1. The lowest BCUT2D eigenvalue weighted by atomic mass is 10.1. The van der Waals surface area contributed by atoms with Crippen LogP contribution in [0.25, 0.3) is 0 Å². The van der Waals surface area contributed by atoms with Crippen molar-refractivity contribution in [3.63, 3.8) is 0 Å². The number of hydrogen-bond donors (Lipinski definition) is 1. The fraction of sp³-hybridized carbons (Fsp3) is 0.600. The molecule has 0 saturated carbocycles. The highest BCUT2D eigenvalue weighted by atomic mass is 15.1. The summed E-state index contributed by atoms with van der Waals surface area (Å²) in [7, 11) is 0. The van der Waals surface area contributed by atoms with E-state index in [2.05, 4.69) is 41.4 Å². The van der Waals surface area contributed by atoms with Gasteiger partial charge in [0.25, 0.3) is 0 Å². The van der Waals surface area contributed by atoms with Crippen LogP contribution in [0.2, 0.25) is 0 Å². The van der Waals surface area contributed by atoms with Gasteiger partial charge in [-0.2, -0.15) is 0 Å². The van der Waals surface area contributed by atoms with E-state index in [1.807, 2.05) is 0 Å². The molecule has 0 spiro atoms. The fourth-order valence-electron chi connectivity index (χ4n) is 2.36. The van der Waals surface area contributed by atoms with Gasteiger partial charge in [0.05, 0.1) is 0 Å². The van der Waals surface area contributed by atoms with Crippen molar-refractivity contribution < 1.29 is 0 Å². The van der Waals surface area contributed by atoms with Gasteiger partial charge in [0.1, 0.15) is 0 Å². The number of likely N-dealkylation sites (tertiary alicyclic amines) is 1. The molecular weight excluding hydrogens is 208 g/mol. The highest BCUT2D eigenvalue weighted by Crippen LogP contribution is 2.07. The highest BCUT2D eigenvalue weighted by molar-refractivity contribution is 5.20. The van der Waals surface area contributed by atoms with E-state index in [9.17, 15) is 0 Å². The van der Waals surface area contributed by atoms with Crippen molar-refractivity contribution in [1.29, 1.82) is 0 Å². The largest absolute Gasteiger partial charge is 0.311 e. The van der Waals surface area contributed by atoms with Crippen LogP contribution < -0.4 is 5.32 Å². The van der Waals surface area contributed by atoms with Crippen molar-refractivity contribution >= 4 is 0 Å². The molecule has 0 aliphatic carbocycles. The molecule has 1 saturated heterocycles. The number of nitrogens with one attached hydrogen (secondary N) is 1. The predicted molar refractivity (Wildman–Crippen MR) is 73.2 cm³/mol. The van der Waals surface area contributed by atoms with Crippen LogP contribution in [0.15, 0.2) is 24.3 Å². The zero-order valence-corrected chi connectivity index (χ0v) is 10.9. The van der Waals surface area contributed by atoms with Crippen LogP contribution in [0, 0.1) is 6.92 Å². The van der Waals surface area contributed by atoms with Crippen LogP contribution in [0.1, 0.15) is 30.4 Å². The van der Waals surface area contributed by atoms with E-state index in [4.69, 9.17) is 0 Å². The second-order valence-electron chi connectivity index (χ2n) is 5.06. The lowest BCUT2D eigenvalue weighted by molar-refractivity contribution is 0.229. The Morgan fingerprint density at radius 3 is 2.47 bits per heavy atom. The number of benzene rings is 1. The van der Waals surface area contributed by atoms with E-state index in [1.54, 1.807) is 0 Å². The highest BCUT2D eigenvalue weighted by Gasteiger charge is 2.08. The maximum absolute atomic E-state index is 3.53. The fourth-order valence-corrected chi connectivity index (χ4v) is 2.36. The van der Waals surface area contributed by atoms with Crippen LogP contribution >= 0.6 is 0 Å². The molecule has 2 nitrogen and oxygen atoms in total. The van der Waals surface area contributed by atoms with Gasteiger partial charge in [-0.15, -0.1) is 0 Å². The second kappa shape index (κ2) is 6.77. The number of aryl methyl sites for hydroxylation is 1. The maximum atomic E-state index is 3.53. The summed E-state index contributed by atoms with van der Waals surface area (Å²) in [6.07, 6.45) is 4.20. The van der Waals surface area contributed by atoms with Crippen LogP contribution in [0.3, 0.4) is 0 Å². The Kier molecular flexibility index (Phi) is 5.02. The first-order chi connectivity index (χ1) is 8.34. The quantitative estimate of drug-likeness (QED) is 0.785. The maximum Gasteiger partial charge on any atom is 0.0206 e. The van der Waals surface area contributed by atoms with Crippen molar-refractivity contribution in [3.8, 4) is 0 Å². The van der Waals surface area contributed by atoms with Crippen molar-refractivity contribution in [2.24, 2.45) is 0 Å². The summed E-state index contributed by atoms with van der Waals surface area (Å²) in [6.45, 7) is 8.03. The third kappa shape index (κ3) is 4.49. The van der Waals surface area contributed by atoms with Gasteiger partial charge >= 0.3 is 0 Å². The lowest BCUT2D eigenvalue weighted by Gasteiger charge is -2.26. The summed E-state index contributed by atoms with van der Waals surface area (Å²) in [5.74, 6) is 0. The molecule has 1 aliphatic rings. The van der Waals surface area contributed by atoms with E-state index in [-0.39, 0.29) is 0 Å². The van der Waals surface area contributed by atoms with Gasteiger partial charge in [-0.3, -0.25) is 0 Å². The van der Waals surface area contributed by atoms with Gasteiger partial charge in [-0.1, -0.05) is 36.2 Å². The zero-order chi connectivity index (χ0) is 11.9. The van der Waals surface area contributed by atoms with Crippen LogP contribution in [0.4, 0.5) is 0 Å². The average Bonchev–Trinajstić information content (AvgIpc) is 2.38. The summed E-state index contributed by atoms with van der Waals surface area (Å²) in [6, 6.07) is 8.79. The molecule has 1 aromatic rings. The minimum atomic E-state index is 0.994. The summed E-state index contributed by atoms with van der Waals surface area (Å²) in [4.78, 5) is 2.58. The molecule has 0 atom stereocenters. The molecule has 0 bridgehead atoms. The smallest absolute Gasteiger partial charge is 0.0206 e. The molecule has 0 radical (unpaired) electrons. The standard InChI is InChI=1S/C15H24N2/c1-14-5-7-15(8-6-14)13-16-9-12-17-10-3-2-4-11-17/h5-8,16H,2-4,9-13H2,1H3. The normalized spacial score (nSPS) is 17.2. The van der Waals surface area contributed by atoms with Gasteiger partial charge in [0.15, 0.2) is 0 Å². The van der Waals surface area contributed by atoms with E-state index in [0.29, 0.717) is 0 Å². The van der Waals surface area contributed by atoms with Gasteiger partial charge in [-0.05, 0) is 38.4 Å². The van der Waals surface area contributed by atoms with E-state index < -0.39 is 0 Å². The first-order valence-corrected chi connectivity index (χ1v) is 6.83. The first kappa shape index (κ1) is 12.6. The summed E-state index contributed by atoms with van der Waals surface area (Å²) in [5.41, 5.74) is 2.72. The third-order valence-electron chi connectivity index (χ3n) is 3.50. The predicted octanol–water partition coefficient (Wildman–Crippen LogP) is 2.57. The Hall–Kier alpha value is -0.860. The van der Waals surface area contributed by atoms with Gasteiger partial charge in [0.2, 0.25) is 0 Å². The second-order valence-corrected chi connectivity index (χ2v) is 5.06. The van der Waals surface area contributed by atoms with Crippen LogP contribution in [-0.4, -0.2) is 31.1 Å². The number of rotatable bonds is 5. The van der Waals surface area contributed by atoms with Crippen LogP contribution in [0.5, 0.6) is 0 Å². The molecule has 1 heterocycles. The Morgan fingerprint density at radius 1 is 1.06 bits per heavy atom. The molecule has 1 N–H and O–H groups in total. The zero-order valence-electron chi connectivity index (χ0n) is 10.9. The molecule has 17 heavy (non-hydrogen) atoms. The molecule has 1 fully saturated rings. The van der Waals surface area contributed by atoms with Gasteiger partial charge < -0.3 is 10.2 Å². The van der Waals surface area contributed by atoms with Crippen LogP contribution in [-0.2, 0) is 6.54 Å². The minimum Gasteiger partial charge on any atom is -0.311 e. The average molecular weight is 232 g/mol. The van der Waals surface area contributed by atoms with E-state index in [1.165, 1.54) is 50.0 Å². The lowest BCUT2D eigenvalue weighted by Crippen LogP contribution is -2.35. The number of hydrogen-bond acceptors (Lipinski definition) is 2. The van der Waals surface area contributed by atoms with Crippen molar-refractivity contribution in [3.05, 3.63) is 35.4 Å². The monoisotopic (exact) mass is 232 g/mol. The SMILES string of the molecule is Cc1ccc(CNCCN2CCCCC2)cc1. The minimum absolute atomic E-state index is 0.994. The molecule has 1 aliphatic heterocycles. The molecular formula is C15H24N2. The molecule has 0 aromatic heterocycles. The third-order valence-corrected chi connectivity index (χ3v) is 3.50. The molecule has 2 rings (SSSR count). The van der Waals surface area contributed by atoms with Crippen molar-refractivity contribution in [1.82, 2.24) is 10.2 Å². The number of nitrogens with zero attached hydrogens (tertiary/aromatic N) is 1. The Labute approximate surface area is 105 Å². The van der Waals surface area contributed by atoms with E-state index in [0.717, 1.165) is 13.1 Å². The summed E-state index contributed by atoms with van der Waals surface area (Å²) >= 11 is 0. The molecule has 94 valence electrons. The molecule has 1 aromatic carbocycles. The Balaban J connectivity index is 1.60. The van der Waals surface area contributed by atoms with Crippen molar-refractivity contribution in [2.75, 3.05) is 26.2 Å². The topological polar surface area (TPSA) is 15.3 Å². The molecule has 0 unspecified atom stereocenters.